The predicted octanol–water partition coefficient (Wildman–Crippen LogP) is 3.03. The third-order valence-electron chi connectivity index (χ3n) is 3.91. The van der Waals surface area contributed by atoms with E-state index in [0.717, 1.165) is 17.8 Å². The van der Waals surface area contributed by atoms with Crippen LogP contribution in [-0.2, 0) is 6.54 Å². The molecule has 0 aliphatic carbocycles. The van der Waals surface area contributed by atoms with Crippen molar-refractivity contribution in [2.24, 2.45) is 4.99 Å². The van der Waals surface area contributed by atoms with Crippen LogP contribution in [0.2, 0.25) is 0 Å². The first-order chi connectivity index (χ1) is 13.6. The number of benzene rings is 2. The summed E-state index contributed by atoms with van der Waals surface area (Å²) in [5.74, 6) is 1.88. The number of guanidine groups is 1. The first kappa shape index (κ1) is 21.1. The van der Waals surface area contributed by atoms with Gasteiger partial charge in [0.1, 0.15) is 0 Å². The molecule has 0 aliphatic heterocycles. The van der Waals surface area contributed by atoms with Crippen molar-refractivity contribution in [3.63, 3.8) is 0 Å². The van der Waals surface area contributed by atoms with Gasteiger partial charge in [-0.1, -0.05) is 12.1 Å². The van der Waals surface area contributed by atoms with E-state index in [4.69, 9.17) is 9.47 Å². The number of methoxy groups -OCH3 is 1. The van der Waals surface area contributed by atoms with E-state index in [9.17, 15) is 4.79 Å². The second-order valence-corrected chi connectivity index (χ2v) is 5.90. The molecule has 3 N–H and O–H groups in total. The van der Waals surface area contributed by atoms with Crippen molar-refractivity contribution in [2.45, 2.75) is 20.4 Å². The van der Waals surface area contributed by atoms with Gasteiger partial charge in [-0.15, -0.1) is 0 Å². The summed E-state index contributed by atoms with van der Waals surface area (Å²) in [5, 5.41) is 9.11. The highest BCUT2D eigenvalue weighted by molar-refractivity contribution is 5.95. The Morgan fingerprint density at radius 3 is 2.61 bits per heavy atom. The molecule has 2 aromatic carbocycles. The predicted molar refractivity (Wildman–Crippen MR) is 112 cm³/mol. The van der Waals surface area contributed by atoms with Gasteiger partial charge >= 0.3 is 0 Å². The molecular formula is C21H28N4O3. The van der Waals surface area contributed by atoms with Crippen molar-refractivity contribution >= 4 is 17.6 Å². The van der Waals surface area contributed by atoms with Gasteiger partial charge in [0.2, 0.25) is 0 Å². The van der Waals surface area contributed by atoms with Crippen LogP contribution in [0.15, 0.2) is 47.5 Å². The van der Waals surface area contributed by atoms with Crippen molar-refractivity contribution in [3.05, 3.63) is 53.6 Å². The van der Waals surface area contributed by atoms with Crippen LogP contribution in [-0.4, -0.2) is 39.2 Å². The summed E-state index contributed by atoms with van der Waals surface area (Å²) in [6, 6.07) is 13.1. The molecule has 2 rings (SSSR count). The second-order valence-electron chi connectivity index (χ2n) is 5.90. The van der Waals surface area contributed by atoms with Gasteiger partial charge in [-0.3, -0.25) is 4.79 Å². The Kier molecular flexibility index (Phi) is 8.14. The molecule has 0 saturated heterocycles. The molecule has 0 bridgehead atoms. The number of nitrogens with zero attached hydrogens (tertiary/aromatic N) is 1. The Morgan fingerprint density at radius 2 is 1.93 bits per heavy atom. The van der Waals surface area contributed by atoms with E-state index in [-0.39, 0.29) is 5.91 Å². The highest BCUT2D eigenvalue weighted by Crippen LogP contribution is 2.30. The fourth-order valence-corrected chi connectivity index (χ4v) is 2.59. The summed E-state index contributed by atoms with van der Waals surface area (Å²) in [6.45, 7) is 5.66. The molecular weight excluding hydrogens is 356 g/mol. The number of hydrogen-bond donors (Lipinski definition) is 3. The molecule has 0 atom stereocenters. The van der Waals surface area contributed by atoms with Crippen LogP contribution in [0.1, 0.15) is 29.8 Å². The van der Waals surface area contributed by atoms with E-state index < -0.39 is 0 Å². The van der Waals surface area contributed by atoms with E-state index in [1.807, 2.05) is 50.2 Å². The second kappa shape index (κ2) is 10.8. The number of hydrogen-bond acceptors (Lipinski definition) is 4. The Hall–Kier alpha value is -3.22. The van der Waals surface area contributed by atoms with Crippen LogP contribution in [0.4, 0.5) is 5.69 Å². The zero-order valence-corrected chi connectivity index (χ0v) is 16.8. The van der Waals surface area contributed by atoms with Crippen LogP contribution in [0.3, 0.4) is 0 Å². The largest absolute Gasteiger partial charge is 0.493 e. The zero-order valence-electron chi connectivity index (χ0n) is 16.8. The maximum atomic E-state index is 11.8. The molecule has 7 nitrogen and oxygen atoms in total. The number of amides is 1. The van der Waals surface area contributed by atoms with E-state index in [0.29, 0.717) is 36.2 Å². The van der Waals surface area contributed by atoms with E-state index in [2.05, 4.69) is 20.9 Å². The number of aliphatic imine (C=N–C) groups is 1. The molecule has 0 aromatic heterocycles. The van der Waals surface area contributed by atoms with Gasteiger partial charge in [0.05, 0.1) is 20.3 Å². The average molecular weight is 384 g/mol. The molecule has 2 aromatic rings. The minimum atomic E-state index is -0.114. The van der Waals surface area contributed by atoms with Crippen molar-refractivity contribution in [1.82, 2.24) is 10.6 Å². The molecule has 1 amide bonds. The topological polar surface area (TPSA) is 84.0 Å². The van der Waals surface area contributed by atoms with Gasteiger partial charge in [-0.25, -0.2) is 4.99 Å². The van der Waals surface area contributed by atoms with Gasteiger partial charge in [-0.05, 0) is 43.7 Å². The minimum absolute atomic E-state index is 0.114. The first-order valence-electron chi connectivity index (χ1n) is 9.28. The van der Waals surface area contributed by atoms with Gasteiger partial charge in [0, 0.05) is 30.9 Å². The quantitative estimate of drug-likeness (QED) is 0.481. The SMILES string of the molecule is CCNC(=NCc1cccc(C(=O)NC)c1)Nc1ccc(OCC)c(OC)c1. The van der Waals surface area contributed by atoms with Gasteiger partial charge < -0.3 is 25.4 Å². The number of carbonyl (C=O) groups excluding carboxylic acids is 1. The van der Waals surface area contributed by atoms with Gasteiger partial charge in [0.25, 0.3) is 5.91 Å². The summed E-state index contributed by atoms with van der Waals surface area (Å²) in [4.78, 5) is 16.4. The molecule has 0 aliphatic rings. The third kappa shape index (κ3) is 5.90. The smallest absolute Gasteiger partial charge is 0.251 e. The number of ether oxygens (including phenoxy) is 2. The summed E-state index contributed by atoms with van der Waals surface area (Å²) >= 11 is 0. The molecule has 28 heavy (non-hydrogen) atoms. The lowest BCUT2D eigenvalue weighted by Crippen LogP contribution is -2.30. The van der Waals surface area contributed by atoms with Crippen LogP contribution in [0.5, 0.6) is 11.5 Å². The van der Waals surface area contributed by atoms with Crippen molar-refractivity contribution in [1.29, 1.82) is 0 Å². The standard InChI is InChI=1S/C21H28N4O3/c1-5-23-21(24-14-15-8-7-9-16(12-15)20(26)22-3)25-17-10-11-18(28-6-2)19(13-17)27-4/h7-13H,5-6,14H2,1-4H3,(H,22,26)(H2,23,24,25). The van der Waals surface area contributed by atoms with E-state index >= 15 is 0 Å². The van der Waals surface area contributed by atoms with E-state index in [1.165, 1.54) is 0 Å². The lowest BCUT2D eigenvalue weighted by Gasteiger charge is -2.14. The van der Waals surface area contributed by atoms with Gasteiger partial charge in [-0.2, -0.15) is 0 Å². The third-order valence-corrected chi connectivity index (χ3v) is 3.91. The molecule has 0 fully saturated rings. The summed E-state index contributed by atoms with van der Waals surface area (Å²) in [5.41, 5.74) is 2.39. The molecule has 0 unspecified atom stereocenters. The number of carbonyl (C=O) groups is 1. The number of nitrogens with one attached hydrogen (secondary N) is 3. The molecule has 7 heteroatoms. The minimum Gasteiger partial charge on any atom is -0.493 e. The zero-order chi connectivity index (χ0) is 20.4. The number of anilines is 1. The molecule has 0 spiro atoms. The fraction of sp³-hybridized carbons (Fsp3) is 0.333. The Bertz CT molecular complexity index is 821. The van der Waals surface area contributed by atoms with Crippen LogP contribution in [0, 0.1) is 0 Å². The van der Waals surface area contributed by atoms with Crippen molar-refractivity contribution in [3.8, 4) is 11.5 Å². The molecule has 0 radical (unpaired) electrons. The normalized spacial score (nSPS) is 10.9. The monoisotopic (exact) mass is 384 g/mol. The maximum Gasteiger partial charge on any atom is 0.251 e. The van der Waals surface area contributed by atoms with E-state index in [1.54, 1.807) is 20.2 Å². The summed E-state index contributed by atoms with van der Waals surface area (Å²) in [7, 11) is 3.23. The average Bonchev–Trinajstić information content (AvgIpc) is 2.73. The Morgan fingerprint density at radius 1 is 1.11 bits per heavy atom. The maximum absolute atomic E-state index is 11.8. The summed E-state index contributed by atoms with van der Waals surface area (Å²) in [6.07, 6.45) is 0. The molecule has 150 valence electrons. The highest BCUT2D eigenvalue weighted by atomic mass is 16.5. The van der Waals surface area contributed by atoms with Crippen molar-refractivity contribution in [2.75, 3.05) is 32.6 Å². The fourth-order valence-electron chi connectivity index (χ4n) is 2.59. The lowest BCUT2D eigenvalue weighted by atomic mass is 10.1. The highest BCUT2D eigenvalue weighted by Gasteiger charge is 2.07. The first-order valence-corrected chi connectivity index (χ1v) is 9.28. The Labute approximate surface area is 166 Å². The van der Waals surface area contributed by atoms with Crippen LogP contribution in [0.25, 0.3) is 0 Å². The Balaban J connectivity index is 2.15. The van der Waals surface area contributed by atoms with Gasteiger partial charge in [0.15, 0.2) is 17.5 Å². The summed E-state index contributed by atoms with van der Waals surface area (Å²) < 4.78 is 10.9. The lowest BCUT2D eigenvalue weighted by molar-refractivity contribution is 0.0963. The number of rotatable bonds is 8. The molecule has 0 saturated carbocycles. The van der Waals surface area contributed by atoms with Crippen molar-refractivity contribution < 1.29 is 14.3 Å². The molecule has 0 heterocycles. The van der Waals surface area contributed by atoms with Crippen LogP contribution < -0.4 is 25.4 Å². The van der Waals surface area contributed by atoms with Crippen LogP contribution >= 0.6 is 0 Å².